The molecule has 106 valence electrons. The maximum absolute atomic E-state index is 11.9. The highest BCUT2D eigenvalue weighted by Crippen LogP contribution is 2.13. The number of nitrogens with one attached hydrogen (secondary N) is 1. The van der Waals surface area contributed by atoms with Crippen LogP contribution in [0.15, 0.2) is 28.7 Å². The van der Waals surface area contributed by atoms with Gasteiger partial charge in [0.1, 0.15) is 0 Å². The number of alkyl halides is 1. The first-order valence-electron chi connectivity index (χ1n) is 6.72. The molecule has 1 rings (SSSR count). The first-order chi connectivity index (χ1) is 9.15. The van der Waals surface area contributed by atoms with Crippen molar-refractivity contribution in [3.05, 3.63) is 34.3 Å². The molecule has 0 aliphatic heterocycles. The number of carbonyl (C=O) groups is 1. The molecule has 1 amide bonds. The standard InChI is InChI=1S/C15H21Br2NO/c1-2-3-13(8-9-16)11-18-15(19)10-12-4-6-14(17)7-5-12/h4-7,13H,2-3,8-11H2,1H3,(H,18,19). The van der Waals surface area contributed by atoms with Gasteiger partial charge in [-0.25, -0.2) is 0 Å². The van der Waals surface area contributed by atoms with Gasteiger partial charge in [0.25, 0.3) is 0 Å². The first-order valence-corrected chi connectivity index (χ1v) is 8.64. The van der Waals surface area contributed by atoms with E-state index in [-0.39, 0.29) is 5.91 Å². The molecule has 1 atom stereocenters. The first kappa shape index (κ1) is 16.7. The quantitative estimate of drug-likeness (QED) is 0.658. The van der Waals surface area contributed by atoms with Gasteiger partial charge in [-0.2, -0.15) is 0 Å². The van der Waals surface area contributed by atoms with Crippen LogP contribution in [0.4, 0.5) is 0 Å². The number of carbonyl (C=O) groups excluding carboxylic acids is 1. The van der Waals surface area contributed by atoms with Gasteiger partial charge in [0.15, 0.2) is 0 Å². The van der Waals surface area contributed by atoms with Crippen LogP contribution in [0.3, 0.4) is 0 Å². The van der Waals surface area contributed by atoms with Crippen LogP contribution in [0, 0.1) is 5.92 Å². The topological polar surface area (TPSA) is 29.1 Å². The van der Waals surface area contributed by atoms with Gasteiger partial charge in [0, 0.05) is 16.3 Å². The molecule has 19 heavy (non-hydrogen) atoms. The molecule has 0 saturated heterocycles. The summed E-state index contributed by atoms with van der Waals surface area (Å²) in [5.74, 6) is 0.691. The minimum absolute atomic E-state index is 0.109. The van der Waals surface area contributed by atoms with Gasteiger partial charge in [-0.05, 0) is 36.5 Å². The van der Waals surface area contributed by atoms with E-state index in [1.807, 2.05) is 24.3 Å². The minimum Gasteiger partial charge on any atom is -0.356 e. The van der Waals surface area contributed by atoms with Crippen molar-refractivity contribution in [2.24, 2.45) is 5.92 Å². The Morgan fingerprint density at radius 3 is 2.53 bits per heavy atom. The lowest BCUT2D eigenvalue weighted by molar-refractivity contribution is -0.120. The molecule has 4 heteroatoms. The third-order valence-corrected chi connectivity index (χ3v) is 4.07. The largest absolute Gasteiger partial charge is 0.356 e. The van der Waals surface area contributed by atoms with Crippen molar-refractivity contribution in [3.63, 3.8) is 0 Å². The van der Waals surface area contributed by atoms with Crippen LogP contribution in [0.1, 0.15) is 31.7 Å². The fourth-order valence-corrected chi connectivity index (χ4v) is 2.93. The molecule has 1 aromatic carbocycles. The molecule has 0 aromatic heterocycles. The van der Waals surface area contributed by atoms with Gasteiger partial charge in [0.2, 0.25) is 5.91 Å². The van der Waals surface area contributed by atoms with Gasteiger partial charge in [0.05, 0.1) is 6.42 Å². The predicted molar refractivity (Wildman–Crippen MR) is 87.7 cm³/mol. The van der Waals surface area contributed by atoms with E-state index in [9.17, 15) is 4.79 Å². The van der Waals surface area contributed by atoms with Crippen molar-refractivity contribution < 1.29 is 4.79 Å². The highest BCUT2D eigenvalue weighted by Gasteiger charge is 2.09. The van der Waals surface area contributed by atoms with Gasteiger partial charge in [-0.1, -0.05) is 57.3 Å². The van der Waals surface area contributed by atoms with Crippen molar-refractivity contribution in [1.82, 2.24) is 5.32 Å². The van der Waals surface area contributed by atoms with E-state index in [0.717, 1.165) is 28.3 Å². The average molecular weight is 391 g/mol. The number of benzene rings is 1. The summed E-state index contributed by atoms with van der Waals surface area (Å²) >= 11 is 6.86. The van der Waals surface area contributed by atoms with Gasteiger partial charge >= 0.3 is 0 Å². The lowest BCUT2D eigenvalue weighted by Gasteiger charge is -2.15. The molecule has 0 bridgehead atoms. The van der Waals surface area contributed by atoms with Crippen LogP contribution < -0.4 is 5.32 Å². The summed E-state index contributed by atoms with van der Waals surface area (Å²) < 4.78 is 1.04. The van der Waals surface area contributed by atoms with Gasteiger partial charge < -0.3 is 5.32 Å². The lowest BCUT2D eigenvalue weighted by Crippen LogP contribution is -2.30. The number of halogens is 2. The number of amides is 1. The monoisotopic (exact) mass is 389 g/mol. The molecule has 1 aromatic rings. The summed E-state index contributed by atoms with van der Waals surface area (Å²) in [6.07, 6.45) is 3.91. The smallest absolute Gasteiger partial charge is 0.224 e. The summed E-state index contributed by atoms with van der Waals surface area (Å²) in [4.78, 5) is 11.9. The third kappa shape index (κ3) is 7.11. The maximum atomic E-state index is 11.9. The van der Waals surface area contributed by atoms with Crippen LogP contribution >= 0.6 is 31.9 Å². The van der Waals surface area contributed by atoms with E-state index in [2.05, 4.69) is 44.1 Å². The Morgan fingerprint density at radius 2 is 1.95 bits per heavy atom. The molecule has 0 fully saturated rings. The molecular weight excluding hydrogens is 370 g/mol. The van der Waals surface area contributed by atoms with E-state index in [0.29, 0.717) is 12.3 Å². The summed E-state index contributed by atoms with van der Waals surface area (Å²) in [5.41, 5.74) is 1.05. The predicted octanol–water partition coefficient (Wildman–Crippen LogP) is 4.31. The van der Waals surface area contributed by atoms with Crippen LogP contribution in [-0.2, 0) is 11.2 Å². The second kappa shape index (κ2) is 9.54. The van der Waals surface area contributed by atoms with Crippen LogP contribution in [0.2, 0.25) is 0 Å². The fraction of sp³-hybridized carbons (Fsp3) is 0.533. The molecule has 0 radical (unpaired) electrons. The molecular formula is C15H21Br2NO. The normalized spacial score (nSPS) is 12.2. The van der Waals surface area contributed by atoms with E-state index >= 15 is 0 Å². The molecule has 0 saturated carbocycles. The molecule has 0 aliphatic rings. The number of hydrogen-bond donors (Lipinski definition) is 1. The SMILES string of the molecule is CCCC(CCBr)CNC(=O)Cc1ccc(Br)cc1. The summed E-state index contributed by atoms with van der Waals surface area (Å²) in [7, 11) is 0. The van der Waals surface area contributed by atoms with E-state index in [1.54, 1.807) is 0 Å². The fourth-order valence-electron chi connectivity index (χ4n) is 2.02. The van der Waals surface area contributed by atoms with Crippen LogP contribution in [0.25, 0.3) is 0 Å². The van der Waals surface area contributed by atoms with Crippen LogP contribution in [-0.4, -0.2) is 17.8 Å². The van der Waals surface area contributed by atoms with Gasteiger partial charge in [-0.3, -0.25) is 4.79 Å². The molecule has 0 heterocycles. The number of rotatable bonds is 8. The number of hydrogen-bond acceptors (Lipinski definition) is 1. The van der Waals surface area contributed by atoms with Crippen molar-refractivity contribution in [3.8, 4) is 0 Å². The molecule has 2 nitrogen and oxygen atoms in total. The Morgan fingerprint density at radius 1 is 1.26 bits per heavy atom. The highest BCUT2D eigenvalue weighted by atomic mass is 79.9. The zero-order chi connectivity index (χ0) is 14.1. The molecule has 0 aliphatic carbocycles. The Bertz CT molecular complexity index is 372. The molecule has 1 unspecified atom stereocenters. The highest BCUT2D eigenvalue weighted by molar-refractivity contribution is 9.10. The zero-order valence-corrected chi connectivity index (χ0v) is 14.5. The lowest BCUT2D eigenvalue weighted by atomic mass is 10.0. The van der Waals surface area contributed by atoms with E-state index < -0.39 is 0 Å². The summed E-state index contributed by atoms with van der Waals surface area (Å²) in [6.45, 7) is 2.97. The Kier molecular flexibility index (Phi) is 8.38. The van der Waals surface area contributed by atoms with E-state index in [4.69, 9.17) is 0 Å². The van der Waals surface area contributed by atoms with Gasteiger partial charge in [-0.15, -0.1) is 0 Å². The second-order valence-electron chi connectivity index (χ2n) is 4.74. The van der Waals surface area contributed by atoms with Crippen molar-refractivity contribution >= 4 is 37.8 Å². The van der Waals surface area contributed by atoms with Crippen molar-refractivity contribution in [2.75, 3.05) is 11.9 Å². The summed E-state index contributed by atoms with van der Waals surface area (Å²) in [5, 5.41) is 4.04. The van der Waals surface area contributed by atoms with Crippen molar-refractivity contribution in [1.29, 1.82) is 0 Å². The Labute approximate surface area is 132 Å². The molecule has 1 N–H and O–H groups in total. The minimum atomic E-state index is 0.109. The second-order valence-corrected chi connectivity index (χ2v) is 6.45. The Balaban J connectivity index is 2.35. The Hall–Kier alpha value is -0.350. The van der Waals surface area contributed by atoms with Crippen molar-refractivity contribution in [2.45, 2.75) is 32.6 Å². The maximum Gasteiger partial charge on any atom is 0.224 e. The average Bonchev–Trinajstić information content (AvgIpc) is 2.39. The van der Waals surface area contributed by atoms with Crippen LogP contribution in [0.5, 0.6) is 0 Å². The summed E-state index contributed by atoms with van der Waals surface area (Å²) in [6, 6.07) is 7.89. The third-order valence-electron chi connectivity index (χ3n) is 3.08. The molecule has 0 spiro atoms. The van der Waals surface area contributed by atoms with E-state index in [1.165, 1.54) is 12.8 Å². The zero-order valence-electron chi connectivity index (χ0n) is 11.3.